The van der Waals surface area contributed by atoms with Crippen LogP contribution >= 0.6 is 0 Å². The van der Waals surface area contributed by atoms with E-state index >= 15 is 0 Å². The summed E-state index contributed by atoms with van der Waals surface area (Å²) in [4.78, 5) is 27.1. The van der Waals surface area contributed by atoms with Crippen LogP contribution in [0.4, 0.5) is 0 Å². The van der Waals surface area contributed by atoms with Crippen molar-refractivity contribution in [3.63, 3.8) is 0 Å². The van der Waals surface area contributed by atoms with Crippen molar-refractivity contribution in [3.8, 4) is 0 Å². The minimum Gasteiger partial charge on any atom is -0.386 e. The molecule has 0 spiro atoms. The second-order valence-electron chi connectivity index (χ2n) is 6.23. The topological polar surface area (TPSA) is 60.9 Å². The molecular weight excluding hydrogens is 244 g/mol. The quantitative estimate of drug-likeness (QED) is 0.792. The van der Waals surface area contributed by atoms with E-state index in [-0.39, 0.29) is 23.7 Å². The summed E-state index contributed by atoms with van der Waals surface area (Å²) in [5.41, 5.74) is -0.699. The van der Waals surface area contributed by atoms with Crippen molar-refractivity contribution in [2.75, 3.05) is 26.2 Å². The maximum Gasteiger partial charge on any atom is 0.226 e. The van der Waals surface area contributed by atoms with Crippen molar-refractivity contribution >= 4 is 11.8 Å². The van der Waals surface area contributed by atoms with Gasteiger partial charge >= 0.3 is 0 Å². The van der Waals surface area contributed by atoms with Crippen molar-refractivity contribution in [3.05, 3.63) is 0 Å². The van der Waals surface area contributed by atoms with Crippen LogP contribution in [0.3, 0.4) is 0 Å². The van der Waals surface area contributed by atoms with Crippen LogP contribution in [0.25, 0.3) is 0 Å². The van der Waals surface area contributed by atoms with E-state index in [2.05, 4.69) is 0 Å². The average molecular weight is 268 g/mol. The fourth-order valence-electron chi connectivity index (χ4n) is 2.84. The third kappa shape index (κ3) is 2.76. The summed E-state index contributed by atoms with van der Waals surface area (Å²) in [5.74, 6) is 0.431. The normalized spacial score (nSPS) is 23.4. The van der Waals surface area contributed by atoms with Crippen molar-refractivity contribution < 1.29 is 14.7 Å². The molecule has 5 heteroatoms. The highest BCUT2D eigenvalue weighted by Gasteiger charge is 2.47. The lowest BCUT2D eigenvalue weighted by atomic mass is 9.81. The first-order valence-electron chi connectivity index (χ1n) is 7.10. The number of likely N-dealkylation sites (tertiary alicyclic amines) is 2. The van der Waals surface area contributed by atoms with Gasteiger partial charge in [-0.05, 0) is 18.8 Å². The van der Waals surface area contributed by atoms with E-state index in [1.54, 1.807) is 16.7 Å². The van der Waals surface area contributed by atoms with Crippen LogP contribution in [-0.2, 0) is 9.59 Å². The van der Waals surface area contributed by atoms with Crippen LogP contribution in [0, 0.1) is 11.8 Å². The highest BCUT2D eigenvalue weighted by atomic mass is 16.3. The van der Waals surface area contributed by atoms with E-state index in [1.165, 1.54) is 0 Å². The molecular formula is C14H24N2O3. The number of hydrogen-bond donors (Lipinski definition) is 1. The predicted octanol–water partition coefficient (Wildman–Crippen LogP) is 0.474. The maximum absolute atomic E-state index is 12.3. The monoisotopic (exact) mass is 268 g/mol. The Hall–Kier alpha value is -1.10. The van der Waals surface area contributed by atoms with Crippen LogP contribution in [0.2, 0.25) is 0 Å². The smallest absolute Gasteiger partial charge is 0.226 e. The van der Waals surface area contributed by atoms with Crippen molar-refractivity contribution in [1.29, 1.82) is 0 Å². The van der Waals surface area contributed by atoms with Gasteiger partial charge in [-0.2, -0.15) is 0 Å². The number of piperidine rings is 1. The molecule has 2 rings (SSSR count). The van der Waals surface area contributed by atoms with Gasteiger partial charge < -0.3 is 14.9 Å². The zero-order chi connectivity index (χ0) is 14.2. The first-order chi connectivity index (χ1) is 8.83. The van der Waals surface area contributed by atoms with Gasteiger partial charge in [0.1, 0.15) is 5.60 Å². The zero-order valence-corrected chi connectivity index (χ0v) is 12.1. The number of β-amino-alcohol motifs (C(OH)–C–C–N with tert-alkyl or cyclic N) is 1. The minimum absolute atomic E-state index is 0.0207. The molecule has 0 aromatic heterocycles. The number of rotatable bonds is 2. The Bertz CT molecular complexity index is 367. The van der Waals surface area contributed by atoms with Gasteiger partial charge in [0, 0.05) is 25.9 Å². The molecule has 2 aliphatic rings. The molecule has 19 heavy (non-hydrogen) atoms. The van der Waals surface area contributed by atoms with E-state index < -0.39 is 5.60 Å². The standard InChI is InChI=1S/C14H24N2O3/c1-10(2)14(19)8-16(9-14)13(18)12-4-6-15(7-5-12)11(3)17/h10,12,19H,4-9H2,1-3H3. The molecule has 5 nitrogen and oxygen atoms in total. The Morgan fingerprint density at radius 1 is 1.16 bits per heavy atom. The second-order valence-corrected chi connectivity index (χ2v) is 6.23. The number of carbonyl (C=O) groups is 2. The molecule has 0 bridgehead atoms. The Morgan fingerprint density at radius 3 is 2.11 bits per heavy atom. The van der Waals surface area contributed by atoms with E-state index in [9.17, 15) is 14.7 Å². The SMILES string of the molecule is CC(=O)N1CCC(C(=O)N2CC(O)(C(C)C)C2)CC1. The molecule has 2 saturated heterocycles. The van der Waals surface area contributed by atoms with Gasteiger partial charge in [0.25, 0.3) is 0 Å². The molecule has 0 radical (unpaired) electrons. The van der Waals surface area contributed by atoms with Crippen LogP contribution < -0.4 is 0 Å². The highest BCUT2D eigenvalue weighted by Crippen LogP contribution is 2.31. The number of amides is 2. The van der Waals surface area contributed by atoms with E-state index in [0.717, 1.165) is 12.8 Å². The summed E-state index contributed by atoms with van der Waals surface area (Å²) in [7, 11) is 0. The fraction of sp³-hybridized carbons (Fsp3) is 0.857. The number of hydrogen-bond acceptors (Lipinski definition) is 3. The van der Waals surface area contributed by atoms with Crippen LogP contribution in [0.5, 0.6) is 0 Å². The van der Waals surface area contributed by atoms with E-state index in [4.69, 9.17) is 0 Å². The first-order valence-corrected chi connectivity index (χ1v) is 7.10. The summed E-state index contributed by atoms with van der Waals surface area (Å²) >= 11 is 0. The van der Waals surface area contributed by atoms with Gasteiger partial charge in [0.05, 0.1) is 13.1 Å². The van der Waals surface area contributed by atoms with Gasteiger partial charge in [0.2, 0.25) is 11.8 Å². The lowest BCUT2D eigenvalue weighted by Gasteiger charge is -2.50. The molecule has 0 aromatic carbocycles. The molecule has 0 aromatic rings. The van der Waals surface area contributed by atoms with Gasteiger partial charge in [-0.3, -0.25) is 9.59 Å². The first kappa shape index (κ1) is 14.3. The van der Waals surface area contributed by atoms with Gasteiger partial charge in [-0.1, -0.05) is 13.8 Å². The molecule has 0 saturated carbocycles. The summed E-state index contributed by atoms with van der Waals surface area (Å²) in [6.45, 7) is 7.79. The number of aliphatic hydroxyl groups is 1. The van der Waals surface area contributed by atoms with Crippen molar-refractivity contribution in [2.24, 2.45) is 11.8 Å². The van der Waals surface area contributed by atoms with Crippen LogP contribution in [0.1, 0.15) is 33.6 Å². The van der Waals surface area contributed by atoms with E-state index in [1.807, 2.05) is 13.8 Å². The Balaban J connectivity index is 1.82. The fourth-order valence-corrected chi connectivity index (χ4v) is 2.84. The minimum atomic E-state index is -0.699. The van der Waals surface area contributed by atoms with Gasteiger partial charge in [-0.15, -0.1) is 0 Å². The molecule has 2 heterocycles. The number of nitrogens with zero attached hydrogens (tertiary/aromatic N) is 2. The van der Waals surface area contributed by atoms with Gasteiger partial charge in [-0.25, -0.2) is 0 Å². The molecule has 108 valence electrons. The Kier molecular flexibility index (Phi) is 3.85. The number of carbonyl (C=O) groups excluding carboxylic acids is 2. The van der Waals surface area contributed by atoms with Gasteiger partial charge in [0.15, 0.2) is 0 Å². The predicted molar refractivity (Wildman–Crippen MR) is 71.3 cm³/mol. The zero-order valence-electron chi connectivity index (χ0n) is 12.1. The average Bonchev–Trinajstić information content (AvgIpc) is 2.34. The summed E-state index contributed by atoms with van der Waals surface area (Å²) < 4.78 is 0. The molecule has 0 atom stereocenters. The van der Waals surface area contributed by atoms with Crippen LogP contribution in [0.15, 0.2) is 0 Å². The molecule has 0 aliphatic carbocycles. The maximum atomic E-state index is 12.3. The molecule has 1 N–H and O–H groups in total. The summed E-state index contributed by atoms with van der Waals surface area (Å²) in [6.07, 6.45) is 1.49. The molecule has 2 amide bonds. The third-order valence-corrected chi connectivity index (χ3v) is 4.61. The van der Waals surface area contributed by atoms with Crippen molar-refractivity contribution in [2.45, 2.75) is 39.2 Å². The second kappa shape index (κ2) is 5.12. The lowest BCUT2D eigenvalue weighted by Crippen LogP contribution is -2.67. The largest absolute Gasteiger partial charge is 0.386 e. The molecule has 2 aliphatic heterocycles. The third-order valence-electron chi connectivity index (χ3n) is 4.61. The molecule has 0 unspecified atom stereocenters. The lowest BCUT2D eigenvalue weighted by molar-refractivity contribution is -0.169. The summed E-state index contributed by atoms with van der Waals surface area (Å²) in [6, 6.07) is 0. The van der Waals surface area contributed by atoms with Crippen molar-refractivity contribution in [1.82, 2.24) is 9.80 Å². The van der Waals surface area contributed by atoms with Crippen LogP contribution in [-0.4, -0.2) is 58.5 Å². The van der Waals surface area contributed by atoms with E-state index in [0.29, 0.717) is 26.2 Å². The summed E-state index contributed by atoms with van der Waals surface area (Å²) in [5, 5.41) is 10.2. The molecule has 2 fully saturated rings. The Morgan fingerprint density at radius 2 is 1.68 bits per heavy atom. The highest BCUT2D eigenvalue weighted by molar-refractivity contribution is 5.80. The Labute approximate surface area is 114 Å².